The summed E-state index contributed by atoms with van der Waals surface area (Å²) in [6.45, 7) is 4.39. The molecule has 1 aliphatic rings. The van der Waals surface area contributed by atoms with Gasteiger partial charge in [0.2, 0.25) is 5.91 Å². The highest BCUT2D eigenvalue weighted by atomic mass is 16.5. The molecule has 2 aromatic carbocycles. The van der Waals surface area contributed by atoms with Gasteiger partial charge in [0.1, 0.15) is 6.04 Å². The fourth-order valence-electron chi connectivity index (χ4n) is 5.91. The van der Waals surface area contributed by atoms with E-state index in [4.69, 9.17) is 4.52 Å². The SMILES string of the molecule is CC[C@H](C)CC(C#N)NC(=O)CNCCC1(c2nc(=O)o[nH]2)c2ccc(C(=O)NC)cc2CCc2cc(C(=O)NC)ccc21. The van der Waals surface area contributed by atoms with Crippen LogP contribution in [-0.2, 0) is 23.1 Å². The number of nitrogens with zero attached hydrogens (tertiary/aromatic N) is 2. The highest BCUT2D eigenvalue weighted by Gasteiger charge is 2.44. The molecule has 0 saturated heterocycles. The predicted molar refractivity (Wildman–Crippen MR) is 163 cm³/mol. The minimum atomic E-state index is -1.05. The molecule has 1 aliphatic carbocycles. The van der Waals surface area contributed by atoms with Gasteiger partial charge in [-0.1, -0.05) is 32.4 Å². The number of H-pyrrole nitrogens is 1. The second-order valence-electron chi connectivity index (χ2n) is 11.2. The van der Waals surface area contributed by atoms with Crippen molar-refractivity contribution in [2.75, 3.05) is 27.2 Å². The minimum Gasteiger partial charge on any atom is -0.355 e. The highest BCUT2D eigenvalue weighted by molar-refractivity contribution is 5.95. The number of hydrogen-bond acceptors (Lipinski definition) is 8. The van der Waals surface area contributed by atoms with E-state index in [1.54, 1.807) is 26.2 Å². The first kappa shape index (κ1) is 32.2. The highest BCUT2D eigenvalue weighted by Crippen LogP contribution is 2.46. The number of nitriles is 1. The predicted octanol–water partition coefficient (Wildman–Crippen LogP) is 1.94. The van der Waals surface area contributed by atoms with Crippen molar-refractivity contribution in [3.05, 3.63) is 86.2 Å². The molecule has 12 heteroatoms. The van der Waals surface area contributed by atoms with E-state index in [0.717, 1.165) is 28.7 Å². The summed E-state index contributed by atoms with van der Waals surface area (Å²) in [5, 5.41) is 23.5. The molecule has 0 spiro atoms. The molecular weight excluding hydrogens is 562 g/mol. The fourth-order valence-corrected chi connectivity index (χ4v) is 5.91. The Balaban J connectivity index is 1.74. The summed E-state index contributed by atoms with van der Waals surface area (Å²) in [5.41, 5.74) is 3.34. The van der Waals surface area contributed by atoms with Gasteiger partial charge in [-0.3, -0.25) is 14.4 Å². The zero-order chi connectivity index (χ0) is 31.9. The molecule has 0 bridgehead atoms. The first-order chi connectivity index (χ1) is 21.2. The second-order valence-corrected chi connectivity index (χ2v) is 11.2. The Morgan fingerprint density at radius 3 is 2.11 bits per heavy atom. The quantitative estimate of drug-likeness (QED) is 0.195. The number of aromatic amines is 1. The molecule has 12 nitrogen and oxygen atoms in total. The smallest absolute Gasteiger partial charge is 0.355 e. The van der Waals surface area contributed by atoms with E-state index in [1.165, 1.54) is 0 Å². The van der Waals surface area contributed by atoms with Crippen LogP contribution in [0.25, 0.3) is 0 Å². The number of carbonyl (C=O) groups excluding carboxylic acids is 3. The van der Waals surface area contributed by atoms with Gasteiger partial charge < -0.3 is 25.8 Å². The van der Waals surface area contributed by atoms with E-state index in [1.807, 2.05) is 38.1 Å². The van der Waals surface area contributed by atoms with E-state index >= 15 is 0 Å². The Morgan fingerprint density at radius 1 is 1.05 bits per heavy atom. The van der Waals surface area contributed by atoms with Gasteiger partial charge >= 0.3 is 5.76 Å². The molecule has 3 amide bonds. The summed E-state index contributed by atoms with van der Waals surface area (Å²) in [6.07, 6.45) is 2.96. The molecule has 5 N–H and O–H groups in total. The zero-order valence-electron chi connectivity index (χ0n) is 25.5. The number of benzene rings is 2. The van der Waals surface area contributed by atoms with Crippen LogP contribution in [0.4, 0.5) is 0 Å². The van der Waals surface area contributed by atoms with Gasteiger partial charge in [-0.05, 0) is 84.7 Å². The van der Waals surface area contributed by atoms with Crippen molar-refractivity contribution in [3.8, 4) is 6.07 Å². The molecule has 3 aromatic rings. The van der Waals surface area contributed by atoms with Crippen molar-refractivity contribution in [2.24, 2.45) is 5.92 Å². The monoisotopic (exact) mass is 601 g/mol. The number of carbonyl (C=O) groups is 3. The van der Waals surface area contributed by atoms with Crippen molar-refractivity contribution in [2.45, 2.75) is 57.4 Å². The molecule has 4 rings (SSSR count). The molecule has 232 valence electrons. The van der Waals surface area contributed by atoms with Gasteiger partial charge in [0.15, 0.2) is 5.82 Å². The molecule has 0 aliphatic heterocycles. The zero-order valence-corrected chi connectivity index (χ0v) is 25.5. The average molecular weight is 602 g/mol. The molecular formula is C32H39N7O5. The number of rotatable bonds is 12. The molecule has 0 saturated carbocycles. The number of amides is 3. The van der Waals surface area contributed by atoms with Gasteiger partial charge in [-0.15, -0.1) is 0 Å². The number of aromatic nitrogens is 2. The summed E-state index contributed by atoms with van der Waals surface area (Å²) in [4.78, 5) is 54.3. The molecule has 1 aromatic heterocycles. The van der Waals surface area contributed by atoms with E-state index < -0.39 is 17.2 Å². The third-order valence-electron chi connectivity index (χ3n) is 8.40. The normalized spacial score (nSPS) is 14.6. The van der Waals surface area contributed by atoms with Crippen LogP contribution < -0.4 is 27.0 Å². The molecule has 0 fully saturated rings. The summed E-state index contributed by atoms with van der Waals surface area (Å²) in [7, 11) is 3.14. The lowest BCUT2D eigenvalue weighted by Crippen LogP contribution is -2.42. The first-order valence-electron chi connectivity index (χ1n) is 14.8. The average Bonchev–Trinajstić information content (AvgIpc) is 3.43. The van der Waals surface area contributed by atoms with Gasteiger partial charge in [0, 0.05) is 25.2 Å². The van der Waals surface area contributed by atoms with Crippen molar-refractivity contribution in [1.29, 1.82) is 5.26 Å². The minimum absolute atomic E-state index is 0.0188. The fraction of sp³-hybridized carbons (Fsp3) is 0.438. The topological polar surface area (TPSA) is 182 Å². The van der Waals surface area contributed by atoms with Gasteiger partial charge in [-0.25, -0.2) is 9.95 Å². The van der Waals surface area contributed by atoms with Gasteiger partial charge in [0.05, 0.1) is 18.0 Å². The molecule has 1 heterocycles. The van der Waals surface area contributed by atoms with Crippen LogP contribution in [0.3, 0.4) is 0 Å². The van der Waals surface area contributed by atoms with Crippen LogP contribution in [0.1, 0.15) is 81.9 Å². The lowest BCUT2D eigenvalue weighted by atomic mass is 9.69. The van der Waals surface area contributed by atoms with Crippen molar-refractivity contribution in [1.82, 2.24) is 31.4 Å². The maximum atomic E-state index is 12.7. The maximum Gasteiger partial charge on any atom is 0.459 e. The summed E-state index contributed by atoms with van der Waals surface area (Å²) in [5.74, 6) is -0.956. The van der Waals surface area contributed by atoms with Gasteiger partial charge in [0.25, 0.3) is 11.8 Å². The van der Waals surface area contributed by atoms with Crippen LogP contribution in [0.15, 0.2) is 45.7 Å². The number of aryl methyl sites for hydroxylation is 2. The lowest BCUT2D eigenvalue weighted by molar-refractivity contribution is -0.120. The summed E-state index contributed by atoms with van der Waals surface area (Å²) in [6, 6.07) is 12.5. The maximum absolute atomic E-state index is 12.7. The van der Waals surface area contributed by atoms with Gasteiger partial charge in [-0.2, -0.15) is 10.2 Å². The van der Waals surface area contributed by atoms with Crippen LogP contribution in [0, 0.1) is 17.2 Å². The summed E-state index contributed by atoms with van der Waals surface area (Å²) < 4.78 is 5.08. The summed E-state index contributed by atoms with van der Waals surface area (Å²) >= 11 is 0. The number of hydrogen-bond donors (Lipinski definition) is 5. The van der Waals surface area contributed by atoms with Crippen molar-refractivity contribution in [3.63, 3.8) is 0 Å². The Kier molecular flexibility index (Phi) is 10.3. The number of nitrogens with one attached hydrogen (secondary N) is 5. The van der Waals surface area contributed by atoms with Crippen LogP contribution in [0.5, 0.6) is 0 Å². The Labute approximate surface area is 256 Å². The first-order valence-corrected chi connectivity index (χ1v) is 14.8. The van der Waals surface area contributed by atoms with Crippen LogP contribution in [0.2, 0.25) is 0 Å². The Hall–Kier alpha value is -4.76. The van der Waals surface area contributed by atoms with Crippen molar-refractivity contribution < 1.29 is 18.9 Å². The Morgan fingerprint density at radius 2 is 1.64 bits per heavy atom. The largest absolute Gasteiger partial charge is 0.459 e. The van der Waals surface area contributed by atoms with E-state index in [9.17, 15) is 24.4 Å². The van der Waals surface area contributed by atoms with Crippen LogP contribution in [-0.4, -0.2) is 61.1 Å². The standard InChI is InChI=1S/C32H39N7O5/c1-5-19(2)14-24(17-33)37-27(40)18-36-13-12-32(30-38-31(43)44-39-30)25-10-8-22(28(41)34-3)15-20(25)6-7-21-16-23(29(42)35-4)9-11-26(21)32/h8-11,15-16,19,24,36H,5-7,12-14,18H2,1-4H3,(H,34,41)(H,35,42)(H,37,40)(H,38,39,43)/t19-,24?/m0/s1. The Bertz CT molecular complexity index is 1550. The second kappa shape index (κ2) is 14.1. The number of fused-ring (bicyclic) bond motifs is 2. The third kappa shape index (κ3) is 6.73. The van der Waals surface area contributed by atoms with E-state index in [2.05, 4.69) is 37.5 Å². The molecule has 1 unspecified atom stereocenters. The molecule has 2 atom stereocenters. The molecule has 44 heavy (non-hydrogen) atoms. The van der Waals surface area contributed by atoms with Crippen LogP contribution >= 0.6 is 0 Å². The van der Waals surface area contributed by atoms with E-state index in [-0.39, 0.29) is 30.1 Å². The van der Waals surface area contributed by atoms with Crippen molar-refractivity contribution >= 4 is 17.7 Å². The third-order valence-corrected chi connectivity index (χ3v) is 8.40. The van der Waals surface area contributed by atoms with E-state index in [0.29, 0.717) is 49.3 Å². The molecule has 0 radical (unpaired) electrons. The lowest BCUT2D eigenvalue weighted by Gasteiger charge is -2.34.